The smallest absolute Gasteiger partial charge is 0.478 e. The van der Waals surface area contributed by atoms with Crippen LogP contribution in [0.5, 0.6) is 5.75 Å². The Morgan fingerprint density at radius 3 is 2.68 bits per heavy atom. The zero-order valence-electron chi connectivity index (χ0n) is 15.9. The summed E-state index contributed by atoms with van der Waals surface area (Å²) in [5, 5.41) is 12.8. The van der Waals surface area contributed by atoms with Crippen molar-refractivity contribution in [1.29, 1.82) is 0 Å². The van der Waals surface area contributed by atoms with Gasteiger partial charge in [0.1, 0.15) is 5.75 Å². The second-order valence-electron chi connectivity index (χ2n) is 7.75. The Labute approximate surface area is 165 Å². The van der Waals surface area contributed by atoms with Gasteiger partial charge in [-0.3, -0.25) is 0 Å². The summed E-state index contributed by atoms with van der Waals surface area (Å²) in [5.74, 6) is -1.32. The number of aromatic carboxylic acids is 1. The van der Waals surface area contributed by atoms with E-state index in [0.717, 1.165) is 23.3 Å². The molecule has 0 unspecified atom stereocenters. The molecule has 0 bridgehead atoms. The molecule has 1 heterocycles. The molecule has 0 saturated carbocycles. The van der Waals surface area contributed by atoms with Crippen LogP contribution >= 0.6 is 11.3 Å². The Morgan fingerprint density at radius 1 is 1.36 bits per heavy atom. The molecule has 0 atom stereocenters. The van der Waals surface area contributed by atoms with Crippen LogP contribution in [-0.4, -0.2) is 24.5 Å². The van der Waals surface area contributed by atoms with Crippen molar-refractivity contribution in [2.45, 2.75) is 46.0 Å². The highest BCUT2D eigenvalue weighted by atomic mass is 32.1. The molecule has 0 radical (unpaired) electrons. The van der Waals surface area contributed by atoms with Crippen molar-refractivity contribution in [1.82, 2.24) is 5.32 Å². The Kier molecular flexibility index (Phi) is 5.46. The molecule has 1 aromatic heterocycles. The van der Waals surface area contributed by atoms with Crippen LogP contribution in [0.15, 0.2) is 18.2 Å². The molecule has 8 heteroatoms. The molecule has 0 aliphatic heterocycles. The Hall–Kier alpha value is -2.06. The number of rotatable bonds is 5. The Bertz CT molecular complexity index is 903. The zero-order valence-corrected chi connectivity index (χ0v) is 16.7. The van der Waals surface area contributed by atoms with Gasteiger partial charge < -0.3 is 15.2 Å². The number of carboxylic acid groups (broad SMARTS) is 1. The number of benzene rings is 1. The number of nitrogens with one attached hydrogen (secondary N) is 1. The van der Waals surface area contributed by atoms with E-state index in [2.05, 4.69) is 23.9 Å². The summed E-state index contributed by atoms with van der Waals surface area (Å²) in [7, 11) is 1.68. The van der Waals surface area contributed by atoms with Gasteiger partial charge in [-0.25, -0.2) is 4.79 Å². The van der Waals surface area contributed by atoms with E-state index in [1.165, 1.54) is 29.5 Å². The molecule has 28 heavy (non-hydrogen) atoms. The van der Waals surface area contributed by atoms with E-state index in [4.69, 9.17) is 0 Å². The van der Waals surface area contributed by atoms with Crippen molar-refractivity contribution in [2.24, 2.45) is 5.41 Å². The fourth-order valence-electron chi connectivity index (χ4n) is 3.66. The van der Waals surface area contributed by atoms with Gasteiger partial charge in [0, 0.05) is 16.3 Å². The molecule has 2 N–H and O–H groups in total. The van der Waals surface area contributed by atoms with Crippen molar-refractivity contribution in [3.8, 4) is 16.2 Å². The number of fused-ring (bicyclic) bond motifs is 1. The van der Waals surface area contributed by atoms with Gasteiger partial charge >= 0.3 is 12.3 Å². The minimum absolute atomic E-state index is 0.0216. The molecule has 1 aromatic carbocycles. The molecule has 1 aliphatic carbocycles. The number of carbonyl (C=O) groups is 1. The van der Waals surface area contributed by atoms with Crippen LogP contribution in [-0.2, 0) is 19.4 Å². The van der Waals surface area contributed by atoms with E-state index in [-0.39, 0.29) is 23.3 Å². The van der Waals surface area contributed by atoms with E-state index < -0.39 is 12.3 Å². The second kappa shape index (κ2) is 7.40. The number of hydrogen-bond donors (Lipinski definition) is 2. The van der Waals surface area contributed by atoms with Crippen LogP contribution in [0.25, 0.3) is 10.4 Å². The van der Waals surface area contributed by atoms with Gasteiger partial charge in [-0.1, -0.05) is 13.8 Å². The maximum Gasteiger partial charge on any atom is 0.573 e. The normalized spacial score (nSPS) is 15.9. The van der Waals surface area contributed by atoms with Crippen molar-refractivity contribution in [3.05, 3.63) is 39.8 Å². The summed E-state index contributed by atoms with van der Waals surface area (Å²) >= 11 is 1.43. The molecule has 0 saturated heterocycles. The number of hydrogen-bond acceptors (Lipinski definition) is 4. The lowest BCUT2D eigenvalue weighted by Gasteiger charge is -2.29. The van der Waals surface area contributed by atoms with E-state index in [1.54, 1.807) is 7.05 Å². The highest BCUT2D eigenvalue weighted by molar-refractivity contribution is 7.16. The SMILES string of the molecule is CNCc1cc(OC(F)(F)F)ccc1-c1sc2c(c1C(=O)O)CC(C)(C)CC2. The van der Waals surface area contributed by atoms with Crippen LogP contribution in [0, 0.1) is 5.41 Å². The molecule has 0 spiro atoms. The topological polar surface area (TPSA) is 58.6 Å². The predicted octanol–water partition coefficient (Wildman–Crippen LogP) is 5.25. The van der Waals surface area contributed by atoms with E-state index in [0.29, 0.717) is 22.4 Å². The number of alkyl halides is 3. The largest absolute Gasteiger partial charge is 0.573 e. The monoisotopic (exact) mass is 413 g/mol. The maximum absolute atomic E-state index is 12.6. The summed E-state index contributed by atoms with van der Waals surface area (Å²) < 4.78 is 41.7. The van der Waals surface area contributed by atoms with Crippen LogP contribution in [0.3, 0.4) is 0 Å². The fourth-order valence-corrected chi connectivity index (χ4v) is 5.03. The van der Waals surface area contributed by atoms with E-state index in [9.17, 15) is 23.1 Å². The molecule has 2 aromatic rings. The lowest BCUT2D eigenvalue weighted by Crippen LogP contribution is -2.22. The van der Waals surface area contributed by atoms with Crippen molar-refractivity contribution in [3.63, 3.8) is 0 Å². The number of thiophene rings is 1. The van der Waals surface area contributed by atoms with Gasteiger partial charge in [-0.05, 0) is 66.6 Å². The predicted molar refractivity (Wildman–Crippen MR) is 102 cm³/mol. The molecule has 0 fully saturated rings. The van der Waals surface area contributed by atoms with E-state index in [1.807, 2.05) is 0 Å². The van der Waals surface area contributed by atoms with Crippen molar-refractivity contribution < 1.29 is 27.8 Å². The number of carboxylic acids is 1. The summed E-state index contributed by atoms with van der Waals surface area (Å²) in [6, 6.07) is 4.06. The minimum atomic E-state index is -4.78. The van der Waals surface area contributed by atoms with Crippen molar-refractivity contribution in [2.75, 3.05) is 7.05 Å². The van der Waals surface area contributed by atoms with Gasteiger partial charge in [-0.2, -0.15) is 0 Å². The first-order valence-corrected chi connectivity index (χ1v) is 9.74. The lowest BCUT2D eigenvalue weighted by atomic mass is 9.76. The summed E-state index contributed by atoms with van der Waals surface area (Å²) in [4.78, 5) is 13.7. The molecular weight excluding hydrogens is 391 g/mol. The lowest BCUT2D eigenvalue weighted by molar-refractivity contribution is -0.274. The number of halogens is 3. The first-order chi connectivity index (χ1) is 13.0. The molecule has 152 valence electrons. The van der Waals surface area contributed by atoms with Gasteiger partial charge in [-0.15, -0.1) is 24.5 Å². The van der Waals surface area contributed by atoms with Gasteiger partial charge in [0.2, 0.25) is 0 Å². The Balaban J connectivity index is 2.13. The van der Waals surface area contributed by atoms with Crippen LogP contribution in [0.1, 0.15) is 46.6 Å². The van der Waals surface area contributed by atoms with Crippen LogP contribution in [0.4, 0.5) is 13.2 Å². The molecule has 4 nitrogen and oxygen atoms in total. The third kappa shape index (κ3) is 4.33. The number of aryl methyl sites for hydroxylation is 1. The first-order valence-electron chi connectivity index (χ1n) is 8.92. The molecule has 1 aliphatic rings. The average molecular weight is 413 g/mol. The number of ether oxygens (including phenoxy) is 1. The summed E-state index contributed by atoms with van der Waals surface area (Å²) in [6.07, 6.45) is -2.32. The zero-order chi connectivity index (χ0) is 20.7. The highest BCUT2D eigenvalue weighted by Gasteiger charge is 2.34. The van der Waals surface area contributed by atoms with Crippen LogP contribution < -0.4 is 10.1 Å². The summed E-state index contributed by atoms with van der Waals surface area (Å²) in [5.41, 5.74) is 2.33. The quantitative estimate of drug-likeness (QED) is 0.703. The fraction of sp³-hybridized carbons (Fsp3) is 0.450. The van der Waals surface area contributed by atoms with Gasteiger partial charge in [0.05, 0.1) is 5.56 Å². The molecule has 3 rings (SSSR count). The molecular formula is C20H22F3NO3S. The third-order valence-electron chi connectivity index (χ3n) is 4.91. The van der Waals surface area contributed by atoms with Crippen molar-refractivity contribution >= 4 is 17.3 Å². The van der Waals surface area contributed by atoms with Gasteiger partial charge in [0.15, 0.2) is 0 Å². The van der Waals surface area contributed by atoms with Gasteiger partial charge in [0.25, 0.3) is 0 Å². The summed E-state index contributed by atoms with van der Waals surface area (Å²) in [6.45, 7) is 4.53. The third-order valence-corrected chi connectivity index (χ3v) is 6.24. The second-order valence-corrected chi connectivity index (χ2v) is 8.86. The first kappa shape index (κ1) is 20.7. The van der Waals surface area contributed by atoms with E-state index >= 15 is 0 Å². The Morgan fingerprint density at radius 2 is 2.07 bits per heavy atom. The molecule has 0 amide bonds. The van der Waals surface area contributed by atoms with Crippen LogP contribution in [0.2, 0.25) is 0 Å². The highest BCUT2D eigenvalue weighted by Crippen LogP contribution is 2.46. The standard InChI is InChI=1S/C20H22F3NO3S/c1-19(2)7-6-15-14(9-19)16(18(25)26)17(28-15)13-5-4-12(27-20(21,22)23)8-11(13)10-24-3/h4-5,8,24H,6-7,9-10H2,1-3H3,(H,25,26). The average Bonchev–Trinajstić information content (AvgIpc) is 2.91. The maximum atomic E-state index is 12.6. The minimum Gasteiger partial charge on any atom is -0.478 e.